The first-order valence-electron chi connectivity index (χ1n) is 5.37. The third-order valence-electron chi connectivity index (χ3n) is 2.65. The Labute approximate surface area is 117 Å². The Balaban J connectivity index is 2.76. The highest BCUT2D eigenvalue weighted by Gasteiger charge is 2.14. The zero-order valence-corrected chi connectivity index (χ0v) is 12.3. The first-order chi connectivity index (χ1) is 7.97. The SMILES string of the molecule is COC(C)CNC(C)c1ccc(Cl)c(Cl)c1Cl. The number of hydrogen-bond donors (Lipinski definition) is 1. The molecule has 0 fully saturated rings. The molecule has 0 aliphatic carbocycles. The number of rotatable bonds is 5. The van der Waals surface area contributed by atoms with Crippen molar-refractivity contribution < 1.29 is 4.74 Å². The fourth-order valence-electron chi connectivity index (χ4n) is 1.41. The smallest absolute Gasteiger partial charge is 0.0781 e. The zero-order valence-electron chi connectivity index (χ0n) is 10.1. The lowest BCUT2D eigenvalue weighted by Gasteiger charge is -2.19. The van der Waals surface area contributed by atoms with Gasteiger partial charge in [-0.05, 0) is 25.5 Å². The van der Waals surface area contributed by atoms with Crippen LogP contribution < -0.4 is 5.32 Å². The van der Waals surface area contributed by atoms with Crippen LogP contribution in [0.2, 0.25) is 15.1 Å². The molecule has 0 spiro atoms. The van der Waals surface area contributed by atoms with E-state index >= 15 is 0 Å². The van der Waals surface area contributed by atoms with E-state index in [9.17, 15) is 0 Å². The summed E-state index contributed by atoms with van der Waals surface area (Å²) >= 11 is 18.0. The van der Waals surface area contributed by atoms with Crippen LogP contribution in [-0.2, 0) is 4.74 Å². The van der Waals surface area contributed by atoms with Gasteiger partial charge in [0.2, 0.25) is 0 Å². The largest absolute Gasteiger partial charge is 0.380 e. The van der Waals surface area contributed by atoms with Gasteiger partial charge in [0.05, 0.1) is 21.2 Å². The molecule has 0 heterocycles. The molecule has 1 rings (SSSR count). The summed E-state index contributed by atoms with van der Waals surface area (Å²) < 4.78 is 5.17. The molecule has 1 aromatic rings. The molecule has 2 unspecified atom stereocenters. The van der Waals surface area contributed by atoms with E-state index < -0.39 is 0 Å². The molecule has 0 saturated heterocycles. The fourth-order valence-corrected chi connectivity index (χ4v) is 2.12. The highest BCUT2D eigenvalue weighted by molar-refractivity contribution is 6.48. The lowest BCUT2D eigenvalue weighted by atomic mass is 10.1. The summed E-state index contributed by atoms with van der Waals surface area (Å²) in [4.78, 5) is 0. The number of nitrogens with one attached hydrogen (secondary N) is 1. The molecular formula is C12H16Cl3NO. The topological polar surface area (TPSA) is 21.3 Å². The van der Waals surface area contributed by atoms with Gasteiger partial charge in [0, 0.05) is 19.7 Å². The van der Waals surface area contributed by atoms with Gasteiger partial charge in [0.25, 0.3) is 0 Å². The molecule has 0 saturated carbocycles. The van der Waals surface area contributed by atoms with Crippen molar-refractivity contribution in [3.63, 3.8) is 0 Å². The van der Waals surface area contributed by atoms with Crippen molar-refractivity contribution in [3.05, 3.63) is 32.8 Å². The molecule has 2 atom stereocenters. The summed E-state index contributed by atoms with van der Waals surface area (Å²) in [5, 5.41) is 4.70. The molecule has 1 aromatic carbocycles. The monoisotopic (exact) mass is 295 g/mol. The maximum atomic E-state index is 6.15. The van der Waals surface area contributed by atoms with Gasteiger partial charge in [-0.25, -0.2) is 0 Å². The quantitative estimate of drug-likeness (QED) is 0.817. The standard InChI is InChI=1S/C12H16Cl3NO/c1-7(17-3)6-16-8(2)9-4-5-10(13)12(15)11(9)14/h4-5,7-8,16H,6H2,1-3H3. The molecule has 0 amide bonds. The number of ether oxygens (including phenoxy) is 1. The van der Waals surface area contributed by atoms with Gasteiger partial charge in [0.1, 0.15) is 0 Å². The molecule has 1 N–H and O–H groups in total. The summed E-state index contributed by atoms with van der Waals surface area (Å²) in [6.45, 7) is 4.76. The van der Waals surface area contributed by atoms with Gasteiger partial charge >= 0.3 is 0 Å². The van der Waals surface area contributed by atoms with E-state index in [1.54, 1.807) is 13.2 Å². The van der Waals surface area contributed by atoms with E-state index in [2.05, 4.69) is 5.32 Å². The minimum Gasteiger partial charge on any atom is -0.380 e. The molecule has 0 aliphatic heterocycles. The third kappa shape index (κ3) is 4.01. The van der Waals surface area contributed by atoms with Crippen LogP contribution in [0.25, 0.3) is 0 Å². The van der Waals surface area contributed by atoms with Crippen LogP contribution in [0.4, 0.5) is 0 Å². The molecule has 0 radical (unpaired) electrons. The van der Waals surface area contributed by atoms with E-state index in [0.717, 1.165) is 12.1 Å². The molecule has 2 nitrogen and oxygen atoms in total. The summed E-state index contributed by atoms with van der Waals surface area (Å²) in [5.41, 5.74) is 0.935. The molecule has 96 valence electrons. The average molecular weight is 297 g/mol. The Morgan fingerprint density at radius 2 is 1.82 bits per heavy atom. The van der Waals surface area contributed by atoms with E-state index in [0.29, 0.717) is 15.1 Å². The Morgan fingerprint density at radius 3 is 2.41 bits per heavy atom. The summed E-state index contributed by atoms with van der Waals surface area (Å²) in [6, 6.07) is 3.73. The maximum absolute atomic E-state index is 6.15. The Bertz CT molecular complexity index is 384. The van der Waals surface area contributed by atoms with Crippen molar-refractivity contribution in [2.24, 2.45) is 0 Å². The number of hydrogen-bond acceptors (Lipinski definition) is 2. The average Bonchev–Trinajstić information content (AvgIpc) is 2.32. The van der Waals surface area contributed by atoms with Gasteiger partial charge in [-0.1, -0.05) is 40.9 Å². The Morgan fingerprint density at radius 1 is 1.18 bits per heavy atom. The van der Waals surface area contributed by atoms with Crippen molar-refractivity contribution >= 4 is 34.8 Å². The van der Waals surface area contributed by atoms with Gasteiger partial charge < -0.3 is 10.1 Å². The zero-order chi connectivity index (χ0) is 13.0. The molecule has 17 heavy (non-hydrogen) atoms. The third-order valence-corrected chi connectivity index (χ3v) is 3.95. The van der Waals surface area contributed by atoms with Crippen molar-refractivity contribution in [2.75, 3.05) is 13.7 Å². The summed E-state index contributed by atoms with van der Waals surface area (Å²) in [5.74, 6) is 0. The molecular weight excluding hydrogens is 280 g/mol. The van der Waals surface area contributed by atoms with Gasteiger partial charge in [0.15, 0.2) is 0 Å². The van der Waals surface area contributed by atoms with Crippen molar-refractivity contribution in [2.45, 2.75) is 26.0 Å². The second-order valence-corrected chi connectivity index (χ2v) is 5.10. The predicted molar refractivity (Wildman–Crippen MR) is 74.4 cm³/mol. The number of halogens is 3. The van der Waals surface area contributed by atoms with E-state index in [-0.39, 0.29) is 12.1 Å². The lowest BCUT2D eigenvalue weighted by molar-refractivity contribution is 0.115. The van der Waals surface area contributed by atoms with E-state index in [4.69, 9.17) is 39.5 Å². The van der Waals surface area contributed by atoms with Crippen LogP contribution in [-0.4, -0.2) is 19.8 Å². The Kier molecular flexibility index (Phi) is 6.04. The highest BCUT2D eigenvalue weighted by atomic mass is 35.5. The van der Waals surface area contributed by atoms with Gasteiger partial charge in [-0.3, -0.25) is 0 Å². The second kappa shape index (κ2) is 6.81. The molecule has 5 heteroatoms. The minimum absolute atomic E-state index is 0.0925. The summed E-state index contributed by atoms with van der Waals surface area (Å²) in [7, 11) is 1.68. The van der Waals surface area contributed by atoms with E-state index in [1.165, 1.54) is 0 Å². The number of methoxy groups -OCH3 is 1. The van der Waals surface area contributed by atoms with Crippen LogP contribution in [0.3, 0.4) is 0 Å². The van der Waals surface area contributed by atoms with Crippen LogP contribution in [0.1, 0.15) is 25.5 Å². The van der Waals surface area contributed by atoms with Crippen molar-refractivity contribution in [3.8, 4) is 0 Å². The van der Waals surface area contributed by atoms with Gasteiger partial charge in [-0.2, -0.15) is 0 Å². The van der Waals surface area contributed by atoms with Crippen LogP contribution in [0.5, 0.6) is 0 Å². The van der Waals surface area contributed by atoms with Crippen molar-refractivity contribution in [1.29, 1.82) is 0 Å². The fraction of sp³-hybridized carbons (Fsp3) is 0.500. The van der Waals surface area contributed by atoms with E-state index in [1.807, 2.05) is 19.9 Å². The molecule has 0 aromatic heterocycles. The first-order valence-corrected chi connectivity index (χ1v) is 6.50. The minimum atomic E-state index is 0.0925. The maximum Gasteiger partial charge on any atom is 0.0781 e. The number of benzene rings is 1. The normalized spacial score (nSPS) is 14.7. The van der Waals surface area contributed by atoms with Gasteiger partial charge in [-0.15, -0.1) is 0 Å². The first kappa shape index (κ1) is 15.1. The second-order valence-electron chi connectivity index (χ2n) is 3.94. The summed E-state index contributed by atoms with van der Waals surface area (Å²) in [6.07, 6.45) is 0.152. The highest BCUT2D eigenvalue weighted by Crippen LogP contribution is 2.35. The van der Waals surface area contributed by atoms with Crippen LogP contribution >= 0.6 is 34.8 Å². The Hall–Kier alpha value is 0.01000. The van der Waals surface area contributed by atoms with Crippen LogP contribution in [0, 0.1) is 0 Å². The molecule has 0 bridgehead atoms. The lowest BCUT2D eigenvalue weighted by Crippen LogP contribution is -2.28. The van der Waals surface area contributed by atoms with Crippen molar-refractivity contribution in [1.82, 2.24) is 5.32 Å². The van der Waals surface area contributed by atoms with Crippen LogP contribution in [0.15, 0.2) is 12.1 Å². The predicted octanol–water partition coefficient (Wildman–Crippen LogP) is 4.33. The molecule has 0 aliphatic rings.